The molecule has 100 valence electrons. The van der Waals surface area contributed by atoms with Crippen LogP contribution in [0.15, 0.2) is 0 Å². The quantitative estimate of drug-likeness (QED) is 0.746. The van der Waals surface area contributed by atoms with Crippen LogP contribution in [0.5, 0.6) is 0 Å². The molecule has 2 fully saturated rings. The van der Waals surface area contributed by atoms with Gasteiger partial charge in [0.05, 0.1) is 6.10 Å². The van der Waals surface area contributed by atoms with E-state index in [1.165, 1.54) is 45.1 Å². The minimum absolute atomic E-state index is 0.0297. The summed E-state index contributed by atoms with van der Waals surface area (Å²) in [6.45, 7) is 5.90. The number of nitrogens with one attached hydrogen (secondary N) is 1. The van der Waals surface area contributed by atoms with Gasteiger partial charge in [-0.25, -0.2) is 0 Å². The minimum atomic E-state index is -0.0297. The van der Waals surface area contributed by atoms with Crippen molar-refractivity contribution >= 4 is 0 Å². The van der Waals surface area contributed by atoms with Crippen LogP contribution in [0.25, 0.3) is 0 Å². The van der Waals surface area contributed by atoms with Crippen LogP contribution < -0.4 is 5.32 Å². The lowest BCUT2D eigenvalue weighted by Gasteiger charge is -2.44. The minimum Gasteiger partial charge on any atom is -0.393 e. The molecule has 17 heavy (non-hydrogen) atoms. The Balaban J connectivity index is 1.93. The van der Waals surface area contributed by atoms with Crippen molar-refractivity contribution in [2.24, 2.45) is 11.3 Å². The molecule has 2 N–H and O–H groups in total. The smallest absolute Gasteiger partial charge is 0.0540 e. The largest absolute Gasteiger partial charge is 0.393 e. The normalized spacial score (nSPS) is 35.8. The summed E-state index contributed by atoms with van der Waals surface area (Å²) in [5.74, 6) is 0.797. The van der Waals surface area contributed by atoms with Crippen LogP contribution in [-0.2, 0) is 0 Å². The highest BCUT2D eigenvalue weighted by Crippen LogP contribution is 2.44. The average molecular weight is 239 g/mol. The van der Waals surface area contributed by atoms with Gasteiger partial charge in [0.1, 0.15) is 0 Å². The van der Waals surface area contributed by atoms with E-state index in [2.05, 4.69) is 19.2 Å². The van der Waals surface area contributed by atoms with Crippen molar-refractivity contribution in [2.45, 2.75) is 77.4 Å². The fourth-order valence-corrected chi connectivity index (χ4v) is 3.40. The summed E-state index contributed by atoms with van der Waals surface area (Å²) >= 11 is 0. The monoisotopic (exact) mass is 239 g/mol. The van der Waals surface area contributed by atoms with E-state index < -0.39 is 0 Å². The van der Waals surface area contributed by atoms with Crippen LogP contribution in [0.1, 0.15) is 65.2 Å². The second-order valence-corrected chi connectivity index (χ2v) is 6.44. The highest BCUT2D eigenvalue weighted by Gasteiger charge is 2.39. The Labute approximate surface area is 106 Å². The van der Waals surface area contributed by atoms with Gasteiger partial charge in [-0.05, 0) is 49.9 Å². The zero-order valence-electron chi connectivity index (χ0n) is 11.5. The molecular weight excluding hydrogens is 210 g/mol. The molecule has 0 saturated heterocycles. The van der Waals surface area contributed by atoms with Gasteiger partial charge < -0.3 is 10.4 Å². The van der Waals surface area contributed by atoms with E-state index in [4.69, 9.17) is 0 Å². The molecule has 0 radical (unpaired) electrons. The third-order valence-corrected chi connectivity index (χ3v) is 5.04. The van der Waals surface area contributed by atoms with E-state index >= 15 is 0 Å². The Morgan fingerprint density at radius 2 is 1.88 bits per heavy atom. The van der Waals surface area contributed by atoms with Crippen molar-refractivity contribution in [3.8, 4) is 0 Å². The maximum atomic E-state index is 9.72. The van der Waals surface area contributed by atoms with Crippen molar-refractivity contribution in [1.29, 1.82) is 0 Å². The van der Waals surface area contributed by atoms with E-state index in [-0.39, 0.29) is 6.10 Å². The Bertz CT molecular complexity index is 229. The van der Waals surface area contributed by atoms with Crippen molar-refractivity contribution in [3.63, 3.8) is 0 Å². The third kappa shape index (κ3) is 3.45. The first-order chi connectivity index (χ1) is 8.16. The zero-order valence-corrected chi connectivity index (χ0v) is 11.5. The van der Waals surface area contributed by atoms with Gasteiger partial charge in [0.15, 0.2) is 0 Å². The number of hydrogen-bond donors (Lipinski definition) is 2. The zero-order chi connectivity index (χ0) is 12.3. The molecule has 2 saturated carbocycles. The van der Waals surface area contributed by atoms with E-state index in [0.717, 1.165) is 24.8 Å². The standard InChI is InChI=1S/C15H29NO/c1-3-4-12(2)15(11-16-13-5-6-13)9-7-14(17)8-10-15/h12-14,16-17H,3-11H2,1-2H3. The van der Waals surface area contributed by atoms with Gasteiger partial charge in [-0.15, -0.1) is 0 Å². The second kappa shape index (κ2) is 5.71. The lowest BCUT2D eigenvalue weighted by molar-refractivity contribution is 0.0264. The van der Waals surface area contributed by atoms with Crippen molar-refractivity contribution in [3.05, 3.63) is 0 Å². The summed E-state index contributed by atoms with van der Waals surface area (Å²) in [4.78, 5) is 0. The van der Waals surface area contributed by atoms with Gasteiger partial charge >= 0.3 is 0 Å². The molecule has 1 atom stereocenters. The van der Waals surface area contributed by atoms with Crippen LogP contribution >= 0.6 is 0 Å². The number of aliphatic hydroxyl groups is 1. The fourth-order valence-electron chi connectivity index (χ4n) is 3.40. The molecule has 2 rings (SSSR count). The summed E-state index contributed by atoms with van der Waals surface area (Å²) in [7, 11) is 0. The van der Waals surface area contributed by atoms with Crippen LogP contribution in [-0.4, -0.2) is 23.8 Å². The topological polar surface area (TPSA) is 32.3 Å². The van der Waals surface area contributed by atoms with Crippen molar-refractivity contribution in [2.75, 3.05) is 6.54 Å². The second-order valence-electron chi connectivity index (χ2n) is 6.44. The van der Waals surface area contributed by atoms with Gasteiger partial charge in [0.2, 0.25) is 0 Å². The first kappa shape index (κ1) is 13.4. The van der Waals surface area contributed by atoms with Crippen molar-refractivity contribution in [1.82, 2.24) is 5.32 Å². The van der Waals surface area contributed by atoms with Gasteiger partial charge in [0, 0.05) is 12.6 Å². The van der Waals surface area contributed by atoms with Gasteiger partial charge in [-0.2, -0.15) is 0 Å². The first-order valence-electron chi connectivity index (χ1n) is 7.58. The van der Waals surface area contributed by atoms with Crippen molar-refractivity contribution < 1.29 is 5.11 Å². The lowest BCUT2D eigenvalue weighted by Crippen LogP contribution is -2.43. The summed E-state index contributed by atoms with van der Waals surface area (Å²) < 4.78 is 0. The third-order valence-electron chi connectivity index (χ3n) is 5.04. The Hall–Kier alpha value is -0.0800. The summed E-state index contributed by atoms with van der Waals surface area (Å²) in [5, 5.41) is 13.5. The Morgan fingerprint density at radius 3 is 2.41 bits per heavy atom. The summed E-state index contributed by atoms with van der Waals surface area (Å²) in [6.07, 6.45) is 9.81. The number of rotatable bonds is 6. The van der Waals surface area contributed by atoms with Crippen LogP contribution in [0.3, 0.4) is 0 Å². The van der Waals surface area contributed by atoms with Gasteiger partial charge in [-0.1, -0.05) is 26.7 Å². The molecule has 0 spiro atoms. The molecule has 2 nitrogen and oxygen atoms in total. The van der Waals surface area contributed by atoms with E-state index in [9.17, 15) is 5.11 Å². The highest BCUT2D eigenvalue weighted by atomic mass is 16.3. The molecule has 2 heteroatoms. The molecule has 0 aromatic carbocycles. The van der Waals surface area contributed by atoms with Gasteiger partial charge in [0.25, 0.3) is 0 Å². The lowest BCUT2D eigenvalue weighted by atomic mass is 9.64. The molecule has 0 aromatic rings. The van der Waals surface area contributed by atoms with Crippen LogP contribution in [0, 0.1) is 11.3 Å². The molecule has 0 aliphatic heterocycles. The fraction of sp³-hybridized carbons (Fsp3) is 1.00. The Kier molecular flexibility index (Phi) is 4.48. The van der Waals surface area contributed by atoms with E-state index in [1.807, 2.05) is 0 Å². The average Bonchev–Trinajstić information content (AvgIpc) is 3.13. The molecule has 0 bridgehead atoms. The van der Waals surface area contributed by atoms with Gasteiger partial charge in [-0.3, -0.25) is 0 Å². The molecule has 0 aromatic heterocycles. The number of aliphatic hydroxyl groups excluding tert-OH is 1. The Morgan fingerprint density at radius 1 is 1.24 bits per heavy atom. The maximum Gasteiger partial charge on any atom is 0.0540 e. The van der Waals surface area contributed by atoms with Crippen LogP contribution in [0.4, 0.5) is 0 Å². The molecule has 0 heterocycles. The maximum absolute atomic E-state index is 9.72. The predicted octanol–water partition coefficient (Wildman–Crippen LogP) is 3.10. The summed E-state index contributed by atoms with van der Waals surface area (Å²) in [6, 6.07) is 0.813. The molecular formula is C15H29NO. The SMILES string of the molecule is CCCC(C)C1(CNC2CC2)CCC(O)CC1. The molecule has 2 aliphatic rings. The molecule has 2 aliphatic carbocycles. The van der Waals surface area contributed by atoms with Crippen LogP contribution in [0.2, 0.25) is 0 Å². The number of hydrogen-bond acceptors (Lipinski definition) is 2. The summed E-state index contributed by atoms with van der Waals surface area (Å²) in [5.41, 5.74) is 0.470. The predicted molar refractivity (Wildman–Crippen MR) is 72.0 cm³/mol. The van der Waals surface area contributed by atoms with E-state index in [0.29, 0.717) is 5.41 Å². The first-order valence-corrected chi connectivity index (χ1v) is 7.58. The molecule has 1 unspecified atom stereocenters. The molecule has 0 amide bonds. The highest BCUT2D eigenvalue weighted by molar-refractivity contribution is 4.93. The van der Waals surface area contributed by atoms with E-state index in [1.54, 1.807) is 0 Å².